The van der Waals surface area contributed by atoms with Gasteiger partial charge in [0.2, 0.25) is 5.91 Å². The zero-order valence-corrected chi connectivity index (χ0v) is 8.71. The molecule has 5 heteroatoms. The van der Waals surface area contributed by atoms with Gasteiger partial charge in [0, 0.05) is 6.61 Å². The Balaban J connectivity index is 2.36. The molecule has 2 atom stereocenters. The molecule has 0 saturated carbocycles. The minimum atomic E-state index is -0.789. The van der Waals surface area contributed by atoms with Crippen LogP contribution in [0.25, 0.3) is 0 Å². The maximum atomic E-state index is 11.1. The first kappa shape index (κ1) is 11.4. The average molecular weight is 202 g/mol. The van der Waals surface area contributed by atoms with E-state index < -0.39 is 11.4 Å². The van der Waals surface area contributed by atoms with Gasteiger partial charge in [0.25, 0.3) is 0 Å². The van der Waals surface area contributed by atoms with E-state index in [1.807, 2.05) is 0 Å². The molecule has 0 aliphatic carbocycles. The molecule has 1 amide bonds. The number of hydrogen-bond acceptors (Lipinski definition) is 4. The highest BCUT2D eigenvalue weighted by Crippen LogP contribution is 2.11. The number of primary amides is 1. The Labute approximate surface area is 83.9 Å². The van der Waals surface area contributed by atoms with Crippen LogP contribution in [0.2, 0.25) is 0 Å². The van der Waals surface area contributed by atoms with Crippen molar-refractivity contribution >= 4 is 5.91 Å². The lowest BCUT2D eigenvalue weighted by molar-refractivity contribution is -0.127. The Morgan fingerprint density at radius 3 is 2.93 bits per heavy atom. The Kier molecular flexibility index (Phi) is 3.86. The van der Waals surface area contributed by atoms with Crippen LogP contribution in [0, 0.1) is 0 Å². The van der Waals surface area contributed by atoms with Gasteiger partial charge in [0.1, 0.15) is 5.54 Å². The van der Waals surface area contributed by atoms with Crippen molar-refractivity contribution in [1.29, 1.82) is 0 Å². The van der Waals surface area contributed by atoms with Crippen molar-refractivity contribution in [3.8, 4) is 0 Å². The molecule has 82 valence electrons. The van der Waals surface area contributed by atoms with Crippen LogP contribution in [-0.2, 0) is 14.3 Å². The number of nitrogens with one attached hydrogen (secondary N) is 1. The molecule has 1 aliphatic heterocycles. The third kappa shape index (κ3) is 2.67. The van der Waals surface area contributed by atoms with Crippen LogP contribution in [0.1, 0.15) is 13.3 Å². The van der Waals surface area contributed by atoms with E-state index >= 15 is 0 Å². The van der Waals surface area contributed by atoms with Crippen LogP contribution in [0.3, 0.4) is 0 Å². The fourth-order valence-electron chi connectivity index (χ4n) is 1.20. The lowest BCUT2D eigenvalue weighted by atomic mass is 10.0. The van der Waals surface area contributed by atoms with Gasteiger partial charge >= 0.3 is 0 Å². The summed E-state index contributed by atoms with van der Waals surface area (Å²) in [6.45, 7) is 3.36. The molecule has 0 bridgehead atoms. The molecule has 2 unspecified atom stereocenters. The van der Waals surface area contributed by atoms with Crippen LogP contribution in [0.5, 0.6) is 0 Å². The van der Waals surface area contributed by atoms with Gasteiger partial charge in [-0.15, -0.1) is 0 Å². The molecular weight excluding hydrogens is 184 g/mol. The summed E-state index contributed by atoms with van der Waals surface area (Å²) >= 11 is 0. The Morgan fingerprint density at radius 2 is 2.50 bits per heavy atom. The van der Waals surface area contributed by atoms with Gasteiger partial charge in [0.05, 0.1) is 19.3 Å². The highest BCUT2D eigenvalue weighted by molar-refractivity contribution is 5.84. The van der Waals surface area contributed by atoms with Gasteiger partial charge < -0.3 is 20.5 Å². The van der Waals surface area contributed by atoms with Crippen LogP contribution in [0.4, 0.5) is 0 Å². The number of carbonyl (C=O) groups excluding carboxylic acids is 1. The summed E-state index contributed by atoms with van der Waals surface area (Å²) in [6, 6.07) is 0. The summed E-state index contributed by atoms with van der Waals surface area (Å²) in [7, 11) is 1.69. The van der Waals surface area contributed by atoms with Gasteiger partial charge in [-0.05, 0) is 20.4 Å². The molecule has 14 heavy (non-hydrogen) atoms. The summed E-state index contributed by atoms with van der Waals surface area (Å²) in [5.41, 5.74) is 4.46. The molecule has 0 aromatic heterocycles. The number of hydrogen-bond donors (Lipinski definition) is 2. The van der Waals surface area contributed by atoms with E-state index in [1.54, 1.807) is 14.0 Å². The molecular formula is C9H18N2O3. The first-order valence-corrected chi connectivity index (χ1v) is 4.76. The summed E-state index contributed by atoms with van der Waals surface area (Å²) < 4.78 is 10.7. The maximum Gasteiger partial charge on any atom is 0.239 e. The van der Waals surface area contributed by atoms with Gasteiger partial charge in [-0.1, -0.05) is 0 Å². The highest BCUT2D eigenvalue weighted by atomic mass is 16.5. The molecule has 0 aromatic carbocycles. The molecule has 3 N–H and O–H groups in total. The molecule has 0 radical (unpaired) electrons. The van der Waals surface area contributed by atoms with E-state index in [0.29, 0.717) is 6.61 Å². The Bertz CT molecular complexity index is 204. The van der Waals surface area contributed by atoms with Crippen LogP contribution < -0.4 is 11.1 Å². The molecule has 1 rings (SSSR count). The van der Waals surface area contributed by atoms with Gasteiger partial charge in [0.15, 0.2) is 0 Å². The van der Waals surface area contributed by atoms with E-state index in [1.165, 1.54) is 0 Å². The third-order valence-electron chi connectivity index (χ3n) is 2.59. The first-order chi connectivity index (χ1) is 6.58. The third-order valence-corrected chi connectivity index (χ3v) is 2.59. The molecule has 1 aliphatic rings. The number of rotatable bonds is 5. The average Bonchev–Trinajstić information content (AvgIpc) is 2.66. The second-order valence-corrected chi connectivity index (χ2v) is 3.74. The largest absolute Gasteiger partial charge is 0.379 e. The van der Waals surface area contributed by atoms with Gasteiger partial charge in [-0.2, -0.15) is 0 Å². The predicted octanol–water partition coefficient (Wildman–Crippen LogP) is -0.745. The lowest BCUT2D eigenvalue weighted by Crippen LogP contribution is -2.55. The van der Waals surface area contributed by atoms with Crippen LogP contribution in [-0.4, -0.2) is 44.4 Å². The van der Waals surface area contributed by atoms with Crippen molar-refractivity contribution in [2.75, 3.05) is 26.9 Å². The van der Waals surface area contributed by atoms with E-state index in [4.69, 9.17) is 15.2 Å². The fraction of sp³-hybridized carbons (Fsp3) is 0.889. The standard InChI is InChI=1S/C9H18N2O3/c1-9(11-2,8(10)12)6-14-7-3-4-13-5-7/h7,11H,3-6H2,1-2H3,(H2,10,12). The van der Waals surface area contributed by atoms with Crippen molar-refractivity contribution in [2.24, 2.45) is 5.73 Å². The van der Waals surface area contributed by atoms with Crippen molar-refractivity contribution < 1.29 is 14.3 Å². The number of ether oxygens (including phenoxy) is 2. The monoisotopic (exact) mass is 202 g/mol. The smallest absolute Gasteiger partial charge is 0.239 e. The minimum absolute atomic E-state index is 0.0991. The number of nitrogens with two attached hydrogens (primary N) is 1. The van der Waals surface area contributed by atoms with Crippen molar-refractivity contribution in [3.05, 3.63) is 0 Å². The SMILES string of the molecule is CNC(C)(COC1CCOC1)C(N)=O. The van der Waals surface area contributed by atoms with E-state index in [0.717, 1.165) is 13.0 Å². The summed E-state index contributed by atoms with van der Waals surface area (Å²) in [6.07, 6.45) is 0.987. The molecule has 0 spiro atoms. The van der Waals surface area contributed by atoms with Crippen molar-refractivity contribution in [3.63, 3.8) is 0 Å². The number of amides is 1. The molecule has 5 nitrogen and oxygen atoms in total. The Hall–Kier alpha value is -0.650. The van der Waals surface area contributed by atoms with Crippen molar-refractivity contribution in [2.45, 2.75) is 25.0 Å². The first-order valence-electron chi connectivity index (χ1n) is 4.76. The maximum absolute atomic E-state index is 11.1. The van der Waals surface area contributed by atoms with Gasteiger partial charge in [-0.25, -0.2) is 0 Å². The zero-order valence-electron chi connectivity index (χ0n) is 8.71. The van der Waals surface area contributed by atoms with E-state index in [-0.39, 0.29) is 12.7 Å². The van der Waals surface area contributed by atoms with E-state index in [9.17, 15) is 4.79 Å². The Morgan fingerprint density at radius 1 is 1.79 bits per heavy atom. The number of carbonyl (C=O) groups is 1. The lowest BCUT2D eigenvalue weighted by Gasteiger charge is -2.26. The van der Waals surface area contributed by atoms with Crippen LogP contribution in [0.15, 0.2) is 0 Å². The van der Waals surface area contributed by atoms with E-state index in [2.05, 4.69) is 5.32 Å². The molecule has 1 fully saturated rings. The summed E-state index contributed by atoms with van der Waals surface area (Å²) in [4.78, 5) is 11.1. The van der Waals surface area contributed by atoms with Crippen molar-refractivity contribution in [1.82, 2.24) is 5.32 Å². The van der Waals surface area contributed by atoms with Gasteiger partial charge in [-0.3, -0.25) is 4.79 Å². The second-order valence-electron chi connectivity index (χ2n) is 3.74. The topological polar surface area (TPSA) is 73.6 Å². The molecule has 1 saturated heterocycles. The highest BCUT2D eigenvalue weighted by Gasteiger charge is 2.31. The fourth-order valence-corrected chi connectivity index (χ4v) is 1.20. The van der Waals surface area contributed by atoms with Crippen LogP contribution >= 0.6 is 0 Å². The quantitative estimate of drug-likeness (QED) is 0.615. The molecule has 0 aromatic rings. The molecule has 1 heterocycles. The summed E-state index contributed by atoms with van der Waals surface area (Å²) in [5, 5.41) is 2.86. The summed E-state index contributed by atoms with van der Waals surface area (Å²) in [5.74, 6) is -0.404. The normalized spacial score (nSPS) is 26.0. The zero-order chi connectivity index (χ0) is 10.6. The number of likely N-dealkylation sites (N-methyl/N-ethyl adjacent to an activating group) is 1. The minimum Gasteiger partial charge on any atom is -0.379 e. The second kappa shape index (κ2) is 4.72. The predicted molar refractivity (Wildman–Crippen MR) is 51.8 cm³/mol.